The number of hydrogen-bond acceptors (Lipinski definition) is 3. The van der Waals surface area contributed by atoms with Crippen molar-refractivity contribution in [1.29, 1.82) is 0 Å². The Bertz CT molecular complexity index is 676. The zero-order chi connectivity index (χ0) is 15.4. The SMILES string of the molecule is C/C(=N\NC(=O)CN1CCCc2ccccc21)c1ccc[nH]1. The number of H-pyrrole nitrogens is 1. The minimum Gasteiger partial charge on any atom is -0.362 e. The summed E-state index contributed by atoms with van der Waals surface area (Å²) in [6.07, 6.45) is 3.99. The number of amides is 1. The van der Waals surface area contributed by atoms with E-state index in [1.54, 1.807) is 0 Å². The summed E-state index contributed by atoms with van der Waals surface area (Å²) >= 11 is 0. The van der Waals surface area contributed by atoms with Crippen LogP contribution in [0.5, 0.6) is 0 Å². The number of nitrogens with zero attached hydrogens (tertiary/aromatic N) is 2. The Labute approximate surface area is 130 Å². The molecule has 0 saturated heterocycles. The maximum absolute atomic E-state index is 12.1. The van der Waals surface area contributed by atoms with Gasteiger partial charge in [0.1, 0.15) is 0 Å². The van der Waals surface area contributed by atoms with Crippen molar-refractivity contribution in [2.24, 2.45) is 5.10 Å². The van der Waals surface area contributed by atoms with E-state index in [0.29, 0.717) is 6.54 Å². The molecule has 5 nitrogen and oxygen atoms in total. The normalized spacial score (nSPS) is 14.6. The van der Waals surface area contributed by atoms with Gasteiger partial charge in [-0.25, -0.2) is 5.43 Å². The summed E-state index contributed by atoms with van der Waals surface area (Å²) in [6.45, 7) is 3.10. The fourth-order valence-electron chi connectivity index (χ4n) is 2.75. The maximum Gasteiger partial charge on any atom is 0.259 e. The van der Waals surface area contributed by atoms with Gasteiger partial charge in [0.05, 0.1) is 18.0 Å². The first-order valence-corrected chi connectivity index (χ1v) is 7.54. The van der Waals surface area contributed by atoms with Crippen molar-refractivity contribution >= 4 is 17.3 Å². The Hall–Kier alpha value is -2.56. The fraction of sp³-hybridized carbons (Fsp3) is 0.294. The lowest BCUT2D eigenvalue weighted by Crippen LogP contribution is -2.38. The molecular formula is C17H20N4O. The second-order valence-corrected chi connectivity index (χ2v) is 5.47. The van der Waals surface area contributed by atoms with Gasteiger partial charge >= 0.3 is 0 Å². The molecule has 3 rings (SSSR count). The Morgan fingerprint density at radius 3 is 3.00 bits per heavy atom. The summed E-state index contributed by atoms with van der Waals surface area (Å²) in [4.78, 5) is 17.3. The molecule has 0 unspecified atom stereocenters. The van der Waals surface area contributed by atoms with Crippen LogP contribution in [0.3, 0.4) is 0 Å². The number of benzene rings is 1. The lowest BCUT2D eigenvalue weighted by Gasteiger charge is -2.30. The van der Waals surface area contributed by atoms with Crippen LogP contribution < -0.4 is 10.3 Å². The van der Waals surface area contributed by atoms with E-state index in [0.717, 1.165) is 36.5 Å². The number of hydrazone groups is 1. The lowest BCUT2D eigenvalue weighted by molar-refractivity contribution is -0.119. The number of nitrogens with one attached hydrogen (secondary N) is 2. The fourth-order valence-corrected chi connectivity index (χ4v) is 2.75. The lowest BCUT2D eigenvalue weighted by atomic mass is 10.0. The molecular weight excluding hydrogens is 276 g/mol. The minimum atomic E-state index is -0.0948. The molecule has 1 aliphatic heterocycles. The number of aromatic amines is 1. The van der Waals surface area contributed by atoms with E-state index in [1.807, 2.05) is 37.4 Å². The van der Waals surface area contributed by atoms with E-state index in [4.69, 9.17) is 0 Å². The molecule has 1 amide bonds. The zero-order valence-electron chi connectivity index (χ0n) is 12.7. The number of carbonyl (C=O) groups is 1. The molecule has 0 saturated carbocycles. The first kappa shape index (κ1) is 14.4. The second-order valence-electron chi connectivity index (χ2n) is 5.47. The van der Waals surface area contributed by atoms with E-state index < -0.39 is 0 Å². The molecule has 0 atom stereocenters. The van der Waals surface area contributed by atoms with E-state index in [2.05, 4.69) is 32.5 Å². The van der Waals surface area contributed by atoms with Crippen molar-refractivity contribution in [2.75, 3.05) is 18.0 Å². The number of fused-ring (bicyclic) bond motifs is 1. The Morgan fingerprint density at radius 2 is 2.18 bits per heavy atom. The van der Waals surface area contributed by atoms with Crippen LogP contribution in [0.2, 0.25) is 0 Å². The summed E-state index contributed by atoms with van der Waals surface area (Å²) in [5, 5.41) is 4.15. The van der Waals surface area contributed by atoms with Gasteiger partial charge in [-0.3, -0.25) is 4.79 Å². The average Bonchev–Trinajstić information content (AvgIpc) is 3.07. The van der Waals surface area contributed by atoms with Gasteiger partial charge in [0.2, 0.25) is 0 Å². The van der Waals surface area contributed by atoms with E-state index in [-0.39, 0.29) is 5.91 Å². The van der Waals surface area contributed by atoms with Gasteiger partial charge in [0, 0.05) is 18.4 Å². The van der Waals surface area contributed by atoms with Crippen LogP contribution in [0.25, 0.3) is 0 Å². The first-order chi connectivity index (χ1) is 10.7. The molecule has 1 aliphatic rings. The van der Waals surface area contributed by atoms with Gasteiger partial charge in [-0.1, -0.05) is 18.2 Å². The predicted molar refractivity (Wildman–Crippen MR) is 88.1 cm³/mol. The monoisotopic (exact) mass is 296 g/mol. The molecule has 0 fully saturated rings. The van der Waals surface area contributed by atoms with Crippen LogP contribution >= 0.6 is 0 Å². The standard InChI is InChI=1S/C17H20N4O/c1-13(15-8-4-10-18-15)19-20-17(22)12-21-11-5-7-14-6-2-3-9-16(14)21/h2-4,6,8-10,18H,5,7,11-12H2,1H3,(H,20,22)/b19-13+. The van der Waals surface area contributed by atoms with Crippen molar-refractivity contribution in [1.82, 2.24) is 10.4 Å². The quantitative estimate of drug-likeness (QED) is 0.672. The van der Waals surface area contributed by atoms with Crippen molar-refractivity contribution < 1.29 is 4.79 Å². The highest BCUT2D eigenvalue weighted by Crippen LogP contribution is 2.26. The molecule has 0 bridgehead atoms. The highest BCUT2D eigenvalue weighted by atomic mass is 16.2. The van der Waals surface area contributed by atoms with Crippen LogP contribution in [-0.4, -0.2) is 29.7 Å². The third-order valence-electron chi connectivity index (χ3n) is 3.88. The van der Waals surface area contributed by atoms with Crippen molar-refractivity contribution in [2.45, 2.75) is 19.8 Å². The van der Waals surface area contributed by atoms with Crippen molar-refractivity contribution in [3.8, 4) is 0 Å². The summed E-state index contributed by atoms with van der Waals surface area (Å²) in [5.74, 6) is -0.0948. The minimum absolute atomic E-state index is 0.0948. The molecule has 2 heterocycles. The smallest absolute Gasteiger partial charge is 0.259 e. The van der Waals surface area contributed by atoms with E-state index >= 15 is 0 Å². The molecule has 2 aromatic rings. The average molecular weight is 296 g/mol. The van der Waals surface area contributed by atoms with Gasteiger partial charge in [-0.2, -0.15) is 5.10 Å². The van der Waals surface area contributed by atoms with Gasteiger partial charge < -0.3 is 9.88 Å². The zero-order valence-corrected chi connectivity index (χ0v) is 12.7. The van der Waals surface area contributed by atoms with Crippen LogP contribution in [0.4, 0.5) is 5.69 Å². The van der Waals surface area contributed by atoms with Crippen molar-refractivity contribution in [3.63, 3.8) is 0 Å². The molecule has 1 aromatic carbocycles. The van der Waals surface area contributed by atoms with Gasteiger partial charge in [-0.05, 0) is 43.5 Å². The van der Waals surface area contributed by atoms with Crippen LogP contribution in [0.15, 0.2) is 47.7 Å². The number of aromatic nitrogens is 1. The summed E-state index contributed by atoms with van der Waals surface area (Å²) in [5.41, 5.74) is 6.78. The van der Waals surface area contributed by atoms with E-state index in [9.17, 15) is 4.79 Å². The molecule has 0 aliphatic carbocycles. The third kappa shape index (κ3) is 3.19. The van der Waals surface area contributed by atoms with Gasteiger partial charge in [-0.15, -0.1) is 0 Å². The Balaban J connectivity index is 1.62. The van der Waals surface area contributed by atoms with Crippen molar-refractivity contribution in [3.05, 3.63) is 53.9 Å². The molecule has 22 heavy (non-hydrogen) atoms. The molecule has 114 valence electrons. The van der Waals surface area contributed by atoms with Gasteiger partial charge in [0.25, 0.3) is 5.91 Å². The molecule has 1 aromatic heterocycles. The number of aryl methyl sites for hydroxylation is 1. The highest BCUT2D eigenvalue weighted by molar-refractivity contribution is 5.97. The number of carbonyl (C=O) groups excluding carboxylic acids is 1. The van der Waals surface area contributed by atoms with Gasteiger partial charge in [0.15, 0.2) is 0 Å². The topological polar surface area (TPSA) is 60.5 Å². The molecule has 2 N–H and O–H groups in total. The first-order valence-electron chi connectivity index (χ1n) is 7.54. The second kappa shape index (κ2) is 6.47. The van der Waals surface area contributed by atoms with Crippen LogP contribution in [-0.2, 0) is 11.2 Å². The molecule has 0 radical (unpaired) electrons. The Morgan fingerprint density at radius 1 is 1.32 bits per heavy atom. The van der Waals surface area contributed by atoms with E-state index in [1.165, 1.54) is 5.56 Å². The highest BCUT2D eigenvalue weighted by Gasteiger charge is 2.18. The number of para-hydroxylation sites is 1. The number of anilines is 1. The number of hydrogen-bond donors (Lipinski definition) is 2. The molecule has 5 heteroatoms. The number of rotatable bonds is 4. The van der Waals surface area contributed by atoms with Crippen LogP contribution in [0.1, 0.15) is 24.6 Å². The summed E-state index contributed by atoms with van der Waals surface area (Å²) in [7, 11) is 0. The third-order valence-corrected chi connectivity index (χ3v) is 3.88. The largest absolute Gasteiger partial charge is 0.362 e. The predicted octanol–water partition coefficient (Wildman–Crippen LogP) is 2.31. The summed E-state index contributed by atoms with van der Waals surface area (Å²) in [6, 6.07) is 12.1. The maximum atomic E-state index is 12.1. The Kier molecular flexibility index (Phi) is 4.23. The summed E-state index contributed by atoms with van der Waals surface area (Å²) < 4.78 is 0. The van der Waals surface area contributed by atoms with Crippen LogP contribution in [0, 0.1) is 0 Å². The molecule has 0 spiro atoms.